The van der Waals surface area contributed by atoms with E-state index in [1.54, 1.807) is 0 Å². The second kappa shape index (κ2) is 5.90. The molecule has 0 saturated carbocycles. The van der Waals surface area contributed by atoms with Crippen LogP contribution in [0.5, 0.6) is 0 Å². The third-order valence-corrected chi connectivity index (χ3v) is 2.06. The maximum atomic E-state index is 13.0. The van der Waals surface area contributed by atoms with E-state index in [9.17, 15) is 40.3 Å². The van der Waals surface area contributed by atoms with Gasteiger partial charge < -0.3 is 5.32 Å². The van der Waals surface area contributed by atoms with Crippen molar-refractivity contribution in [1.29, 1.82) is 0 Å². The Morgan fingerprint density at radius 3 is 2.23 bits per heavy atom. The lowest BCUT2D eigenvalue weighted by molar-refractivity contribution is -0.458. The smallest absolute Gasteiger partial charge is 0.345 e. The maximum absolute atomic E-state index is 13.0. The highest BCUT2D eigenvalue weighted by Crippen LogP contribution is 2.40. The third-order valence-electron chi connectivity index (χ3n) is 2.06. The number of H-pyrrole nitrogens is 1. The molecule has 1 aromatic heterocycles. The molecule has 0 saturated heterocycles. The minimum Gasteiger partial charge on any atom is -0.345 e. The first-order chi connectivity index (χ1) is 9.85. The number of nitrogens with one attached hydrogen (secondary N) is 2. The van der Waals surface area contributed by atoms with Crippen molar-refractivity contribution in [1.82, 2.24) is 15.5 Å². The summed E-state index contributed by atoms with van der Waals surface area (Å²) in [6.07, 6.45) is -12.2. The normalized spacial score (nSPS) is 13.0. The molecule has 6 nitrogen and oxygen atoms in total. The van der Waals surface area contributed by atoms with Crippen LogP contribution in [-0.4, -0.2) is 34.5 Å². The van der Waals surface area contributed by atoms with Gasteiger partial charge in [-0.1, -0.05) is 0 Å². The van der Waals surface area contributed by atoms with Gasteiger partial charge in [0.15, 0.2) is 0 Å². The number of ether oxygens (including phenoxy) is 1. The molecule has 2 N–H and O–H groups in total. The molecule has 0 bridgehead atoms. The lowest BCUT2D eigenvalue weighted by Gasteiger charge is -2.25. The molecular weight excluding hydrogens is 331 g/mol. The van der Waals surface area contributed by atoms with Gasteiger partial charge in [0.2, 0.25) is 0 Å². The molecule has 0 atom stereocenters. The van der Waals surface area contributed by atoms with Crippen LogP contribution in [-0.2, 0) is 16.1 Å². The number of carbonyl (C=O) groups excluding carboxylic acids is 1. The number of amides is 1. The van der Waals surface area contributed by atoms with Gasteiger partial charge in [-0.3, -0.25) is 9.59 Å². The van der Waals surface area contributed by atoms with Crippen molar-refractivity contribution in [2.75, 3.05) is 0 Å². The Morgan fingerprint density at radius 1 is 1.18 bits per heavy atom. The van der Waals surface area contributed by atoms with Crippen molar-refractivity contribution in [3.05, 3.63) is 28.2 Å². The van der Waals surface area contributed by atoms with E-state index >= 15 is 0 Å². The van der Waals surface area contributed by atoms with E-state index in [1.807, 2.05) is 9.84 Å². The summed E-state index contributed by atoms with van der Waals surface area (Å²) in [6, 6.07) is 1.87. The van der Waals surface area contributed by atoms with Crippen LogP contribution in [0, 0.1) is 0 Å². The Bertz CT molecular complexity index is 578. The fraction of sp³-hybridized carbons (Fsp3) is 0.444. The van der Waals surface area contributed by atoms with Crippen molar-refractivity contribution >= 4 is 5.91 Å². The van der Waals surface area contributed by atoms with Crippen LogP contribution in [0.2, 0.25) is 0 Å². The van der Waals surface area contributed by atoms with Crippen molar-refractivity contribution in [2.24, 2.45) is 0 Å². The number of hydrogen-bond acceptors (Lipinski definition) is 4. The van der Waals surface area contributed by atoms with Crippen LogP contribution in [0.25, 0.3) is 0 Å². The van der Waals surface area contributed by atoms with Crippen LogP contribution in [0.3, 0.4) is 0 Å². The van der Waals surface area contributed by atoms with Gasteiger partial charge in [-0.25, -0.2) is 9.84 Å². The number of carbonyl (C=O) groups is 1. The van der Waals surface area contributed by atoms with Crippen molar-refractivity contribution in [3.63, 3.8) is 0 Å². The molecule has 0 spiro atoms. The first-order valence-corrected chi connectivity index (χ1v) is 5.20. The Kier molecular flexibility index (Phi) is 4.79. The quantitative estimate of drug-likeness (QED) is 0.790. The van der Waals surface area contributed by atoms with E-state index in [4.69, 9.17) is 0 Å². The van der Waals surface area contributed by atoms with Gasteiger partial charge in [0.05, 0.1) is 12.2 Å². The van der Waals surface area contributed by atoms with E-state index < -0.39 is 36.4 Å². The first kappa shape index (κ1) is 17.9. The van der Waals surface area contributed by atoms with Crippen molar-refractivity contribution < 1.29 is 40.3 Å². The molecule has 0 aliphatic carbocycles. The van der Waals surface area contributed by atoms with Gasteiger partial charge in [0.25, 0.3) is 11.5 Å². The number of hydrogen-bond donors (Lipinski definition) is 2. The Labute approximate surface area is 116 Å². The third kappa shape index (κ3) is 4.41. The van der Waals surface area contributed by atoms with Gasteiger partial charge in [-0.15, -0.1) is 13.2 Å². The molecular formula is C9H6F7N3O3. The largest absolute Gasteiger partial charge is 0.527 e. The Hall–Kier alpha value is -2.18. The summed E-state index contributed by atoms with van der Waals surface area (Å²) in [7, 11) is 0. The van der Waals surface area contributed by atoms with E-state index in [0.29, 0.717) is 0 Å². The molecule has 1 aromatic rings. The summed E-state index contributed by atoms with van der Waals surface area (Å²) in [4.78, 5) is 21.6. The number of rotatable bonds is 5. The van der Waals surface area contributed by atoms with E-state index in [-0.39, 0.29) is 5.69 Å². The molecule has 0 unspecified atom stereocenters. The minimum absolute atomic E-state index is 0.205. The topological polar surface area (TPSA) is 84.1 Å². The van der Waals surface area contributed by atoms with Crippen molar-refractivity contribution in [3.8, 4) is 0 Å². The average Bonchev–Trinajstić information content (AvgIpc) is 2.34. The molecule has 22 heavy (non-hydrogen) atoms. The fourth-order valence-electron chi connectivity index (χ4n) is 1.10. The summed E-state index contributed by atoms with van der Waals surface area (Å²) in [5.74, 6) is -8.50. The molecule has 0 fully saturated rings. The summed E-state index contributed by atoms with van der Waals surface area (Å²) >= 11 is 0. The Morgan fingerprint density at radius 2 is 1.77 bits per heavy atom. The molecule has 0 aliphatic heterocycles. The highest BCUT2D eigenvalue weighted by Gasteiger charge is 2.67. The lowest BCUT2D eigenvalue weighted by atomic mass is 10.2. The van der Waals surface area contributed by atoms with Crippen LogP contribution in [0.4, 0.5) is 30.7 Å². The predicted molar refractivity (Wildman–Crippen MR) is 53.7 cm³/mol. The highest BCUT2D eigenvalue weighted by molar-refractivity contribution is 5.84. The number of nitrogens with zero attached hydrogens (tertiary/aromatic N) is 1. The lowest BCUT2D eigenvalue weighted by Crippen LogP contribution is -2.55. The standard InChI is InChI=1S/C9H6F7N3O3/c10-7(11,8(12,13)22-9(14,15)16)6(21)17-3-4-1-2-5(20)19-18-4/h1-2H,3H2,(H,17,21)(H,19,20). The summed E-state index contributed by atoms with van der Waals surface area (Å²) in [6.45, 7) is -0.840. The molecule has 1 heterocycles. The monoisotopic (exact) mass is 337 g/mol. The second-order valence-corrected chi connectivity index (χ2v) is 3.73. The molecule has 0 aromatic carbocycles. The highest BCUT2D eigenvalue weighted by atomic mass is 19.4. The average molecular weight is 337 g/mol. The van der Waals surface area contributed by atoms with E-state index in [1.165, 1.54) is 5.32 Å². The fourth-order valence-corrected chi connectivity index (χ4v) is 1.10. The molecule has 0 aliphatic rings. The predicted octanol–water partition coefficient (Wildman–Crippen LogP) is 1.15. The summed E-state index contributed by atoms with van der Waals surface area (Å²) < 4.78 is 88.3. The summed E-state index contributed by atoms with van der Waals surface area (Å²) in [5.41, 5.74) is -0.866. The summed E-state index contributed by atoms with van der Waals surface area (Å²) in [5, 5.41) is 6.37. The molecule has 1 amide bonds. The van der Waals surface area contributed by atoms with Crippen LogP contribution < -0.4 is 10.9 Å². The van der Waals surface area contributed by atoms with Gasteiger partial charge >= 0.3 is 18.4 Å². The second-order valence-electron chi connectivity index (χ2n) is 3.73. The zero-order valence-corrected chi connectivity index (χ0v) is 10.2. The zero-order valence-electron chi connectivity index (χ0n) is 10.2. The van der Waals surface area contributed by atoms with Gasteiger partial charge in [-0.05, 0) is 6.07 Å². The van der Waals surface area contributed by atoms with E-state index in [0.717, 1.165) is 12.1 Å². The van der Waals surface area contributed by atoms with E-state index in [2.05, 4.69) is 5.10 Å². The first-order valence-electron chi connectivity index (χ1n) is 5.20. The zero-order chi connectivity index (χ0) is 17.2. The SMILES string of the molecule is O=C(NCc1ccc(=O)[nH]n1)C(F)(F)C(F)(F)OC(F)(F)F. The number of aromatic nitrogens is 2. The van der Waals surface area contributed by atoms with Crippen LogP contribution >= 0.6 is 0 Å². The van der Waals surface area contributed by atoms with Gasteiger partial charge in [0, 0.05) is 6.07 Å². The van der Waals surface area contributed by atoms with Gasteiger partial charge in [-0.2, -0.15) is 22.7 Å². The molecule has 0 radical (unpaired) electrons. The van der Waals surface area contributed by atoms with Crippen LogP contribution in [0.15, 0.2) is 16.9 Å². The van der Waals surface area contributed by atoms with Gasteiger partial charge in [0.1, 0.15) is 0 Å². The molecule has 13 heteroatoms. The maximum Gasteiger partial charge on any atom is 0.527 e. The Balaban J connectivity index is 2.77. The number of aromatic amines is 1. The molecule has 124 valence electrons. The number of halogens is 7. The van der Waals surface area contributed by atoms with Crippen molar-refractivity contribution in [2.45, 2.75) is 24.9 Å². The molecule has 1 rings (SSSR count). The minimum atomic E-state index is -6.10. The van der Waals surface area contributed by atoms with Crippen LogP contribution in [0.1, 0.15) is 5.69 Å². The number of alkyl halides is 7.